The minimum Gasteiger partial charge on any atom is -0.465 e. The van der Waals surface area contributed by atoms with E-state index in [0.29, 0.717) is 16.4 Å². The standard InChI is InChI=1S/C20H19ClN2O3S/c1-3-26-19(25)12-23-16-9-4-13(2)10-17(16)27-20(23)22-18(24)11-14-5-7-15(21)8-6-14/h4-10H,3,11-12H2,1-2H3. The van der Waals surface area contributed by atoms with Gasteiger partial charge in [-0.3, -0.25) is 9.59 Å². The first kappa shape index (κ1) is 19.3. The maximum absolute atomic E-state index is 12.5. The Morgan fingerprint density at radius 1 is 1.19 bits per heavy atom. The summed E-state index contributed by atoms with van der Waals surface area (Å²) in [5.74, 6) is -0.636. The van der Waals surface area contributed by atoms with Crippen molar-refractivity contribution in [2.75, 3.05) is 6.61 Å². The van der Waals surface area contributed by atoms with E-state index in [9.17, 15) is 9.59 Å². The zero-order valence-electron chi connectivity index (χ0n) is 15.1. The van der Waals surface area contributed by atoms with Gasteiger partial charge in [0.25, 0.3) is 5.91 Å². The molecule has 0 aliphatic rings. The number of carbonyl (C=O) groups excluding carboxylic acids is 2. The van der Waals surface area contributed by atoms with Gasteiger partial charge in [-0.15, -0.1) is 0 Å². The predicted octanol–water partition coefficient (Wildman–Crippen LogP) is 3.90. The molecule has 0 aliphatic heterocycles. The molecule has 0 fully saturated rings. The number of fused-ring (bicyclic) bond motifs is 1. The number of aromatic nitrogens is 1. The number of carbonyl (C=O) groups is 2. The largest absolute Gasteiger partial charge is 0.465 e. The summed E-state index contributed by atoms with van der Waals surface area (Å²) in [7, 11) is 0. The molecule has 27 heavy (non-hydrogen) atoms. The third-order valence-electron chi connectivity index (χ3n) is 3.92. The van der Waals surface area contributed by atoms with Crippen LogP contribution in [0.1, 0.15) is 18.1 Å². The highest BCUT2D eigenvalue weighted by atomic mass is 35.5. The highest BCUT2D eigenvalue weighted by Crippen LogP contribution is 2.19. The summed E-state index contributed by atoms with van der Waals surface area (Å²) in [6.45, 7) is 4.09. The fourth-order valence-electron chi connectivity index (χ4n) is 2.68. The maximum atomic E-state index is 12.5. The van der Waals surface area contributed by atoms with Crippen molar-refractivity contribution in [1.29, 1.82) is 0 Å². The summed E-state index contributed by atoms with van der Waals surface area (Å²) in [5, 5.41) is 0.621. The number of hydrogen-bond donors (Lipinski definition) is 0. The van der Waals surface area contributed by atoms with Crippen LogP contribution in [0.5, 0.6) is 0 Å². The number of nitrogens with zero attached hydrogens (tertiary/aromatic N) is 2. The Morgan fingerprint density at radius 3 is 2.63 bits per heavy atom. The summed E-state index contributed by atoms with van der Waals surface area (Å²) in [6, 6.07) is 13.0. The molecule has 0 atom stereocenters. The molecule has 0 N–H and O–H groups in total. The topological polar surface area (TPSA) is 60.7 Å². The van der Waals surface area contributed by atoms with Crippen molar-refractivity contribution in [1.82, 2.24) is 4.57 Å². The number of hydrogen-bond acceptors (Lipinski definition) is 4. The molecule has 0 aliphatic carbocycles. The molecule has 1 heterocycles. The molecule has 7 heteroatoms. The van der Waals surface area contributed by atoms with Crippen LogP contribution in [0.3, 0.4) is 0 Å². The van der Waals surface area contributed by atoms with Gasteiger partial charge < -0.3 is 9.30 Å². The van der Waals surface area contributed by atoms with Crippen LogP contribution in [0.2, 0.25) is 5.02 Å². The quantitative estimate of drug-likeness (QED) is 0.608. The van der Waals surface area contributed by atoms with Gasteiger partial charge in [0, 0.05) is 5.02 Å². The highest BCUT2D eigenvalue weighted by Gasteiger charge is 2.12. The average Bonchev–Trinajstić information content (AvgIpc) is 2.93. The molecule has 1 aromatic heterocycles. The van der Waals surface area contributed by atoms with Crippen molar-refractivity contribution in [2.45, 2.75) is 26.8 Å². The van der Waals surface area contributed by atoms with Gasteiger partial charge in [-0.1, -0.05) is 41.1 Å². The average molecular weight is 403 g/mol. The number of benzene rings is 2. The zero-order chi connectivity index (χ0) is 19.4. The first-order chi connectivity index (χ1) is 13.0. The van der Waals surface area contributed by atoms with Crippen LogP contribution in [-0.4, -0.2) is 23.1 Å². The molecule has 0 saturated heterocycles. The van der Waals surface area contributed by atoms with E-state index in [-0.39, 0.29) is 24.8 Å². The van der Waals surface area contributed by atoms with Crippen LogP contribution in [0.4, 0.5) is 0 Å². The van der Waals surface area contributed by atoms with E-state index >= 15 is 0 Å². The summed E-state index contributed by atoms with van der Waals surface area (Å²) in [4.78, 5) is 29.2. The Bertz CT molecular complexity index is 1050. The molecule has 0 saturated carbocycles. The van der Waals surface area contributed by atoms with E-state index in [1.807, 2.05) is 25.1 Å². The van der Waals surface area contributed by atoms with Crippen molar-refractivity contribution in [3.05, 3.63) is 63.4 Å². The molecule has 3 aromatic rings. The molecule has 0 unspecified atom stereocenters. The molecule has 0 radical (unpaired) electrons. The second-order valence-electron chi connectivity index (χ2n) is 6.06. The number of aryl methyl sites for hydroxylation is 1. The lowest BCUT2D eigenvalue weighted by Gasteiger charge is -2.05. The van der Waals surface area contributed by atoms with Crippen molar-refractivity contribution in [3.63, 3.8) is 0 Å². The zero-order valence-corrected chi connectivity index (χ0v) is 16.6. The fraction of sp³-hybridized carbons (Fsp3) is 0.250. The van der Waals surface area contributed by atoms with Crippen molar-refractivity contribution in [2.24, 2.45) is 4.99 Å². The summed E-state index contributed by atoms with van der Waals surface area (Å²) >= 11 is 7.26. The molecule has 2 aromatic carbocycles. The second-order valence-corrected chi connectivity index (χ2v) is 7.50. The molecule has 5 nitrogen and oxygen atoms in total. The third kappa shape index (κ3) is 4.84. The Morgan fingerprint density at radius 2 is 1.93 bits per heavy atom. The Kier molecular flexibility index (Phi) is 6.08. The molecule has 0 spiro atoms. The van der Waals surface area contributed by atoms with Crippen LogP contribution in [0, 0.1) is 6.92 Å². The van der Waals surface area contributed by atoms with Crippen LogP contribution in [-0.2, 0) is 27.3 Å². The lowest BCUT2D eigenvalue weighted by Crippen LogP contribution is -2.23. The molecular weight excluding hydrogens is 384 g/mol. The van der Waals surface area contributed by atoms with Crippen LogP contribution in [0.15, 0.2) is 47.5 Å². The number of esters is 1. The van der Waals surface area contributed by atoms with Crippen LogP contribution >= 0.6 is 22.9 Å². The first-order valence-electron chi connectivity index (χ1n) is 8.54. The molecule has 1 amide bonds. The normalized spacial score (nSPS) is 11.7. The lowest BCUT2D eigenvalue weighted by molar-refractivity contribution is -0.143. The van der Waals surface area contributed by atoms with Crippen LogP contribution in [0.25, 0.3) is 10.2 Å². The highest BCUT2D eigenvalue weighted by molar-refractivity contribution is 7.16. The van der Waals surface area contributed by atoms with E-state index < -0.39 is 0 Å². The second kappa shape index (κ2) is 8.50. The summed E-state index contributed by atoms with van der Waals surface area (Å²) in [5.41, 5.74) is 2.80. The van der Waals surface area contributed by atoms with Gasteiger partial charge >= 0.3 is 5.97 Å². The van der Waals surface area contributed by atoms with E-state index in [2.05, 4.69) is 4.99 Å². The fourth-order valence-corrected chi connectivity index (χ4v) is 3.95. The Balaban J connectivity index is 1.97. The third-order valence-corrected chi connectivity index (χ3v) is 5.21. The lowest BCUT2D eigenvalue weighted by atomic mass is 10.1. The van der Waals surface area contributed by atoms with Gasteiger partial charge in [-0.25, -0.2) is 0 Å². The Labute approximate surface area is 165 Å². The number of rotatable bonds is 5. The molecule has 140 valence electrons. The van der Waals surface area contributed by atoms with E-state index in [4.69, 9.17) is 16.3 Å². The van der Waals surface area contributed by atoms with Gasteiger partial charge in [0.2, 0.25) is 0 Å². The predicted molar refractivity (Wildman–Crippen MR) is 107 cm³/mol. The van der Waals surface area contributed by atoms with Crippen molar-refractivity contribution in [3.8, 4) is 0 Å². The van der Waals surface area contributed by atoms with Crippen molar-refractivity contribution < 1.29 is 14.3 Å². The molecular formula is C20H19ClN2O3S. The van der Waals surface area contributed by atoms with Crippen molar-refractivity contribution >= 4 is 45.0 Å². The minimum absolute atomic E-state index is 0.0178. The number of ether oxygens (including phenoxy) is 1. The number of halogens is 1. The monoisotopic (exact) mass is 402 g/mol. The van der Waals surface area contributed by atoms with Gasteiger partial charge in [0.1, 0.15) is 6.54 Å². The number of amides is 1. The first-order valence-corrected chi connectivity index (χ1v) is 9.73. The number of thiazole rings is 1. The SMILES string of the molecule is CCOC(=O)Cn1c(=NC(=O)Cc2ccc(Cl)cc2)sc2cc(C)ccc21. The van der Waals surface area contributed by atoms with Gasteiger partial charge in [0.05, 0.1) is 23.2 Å². The van der Waals surface area contributed by atoms with E-state index in [0.717, 1.165) is 21.3 Å². The summed E-state index contributed by atoms with van der Waals surface area (Å²) < 4.78 is 7.76. The summed E-state index contributed by atoms with van der Waals surface area (Å²) in [6.07, 6.45) is 0.170. The van der Waals surface area contributed by atoms with Crippen LogP contribution < -0.4 is 4.80 Å². The maximum Gasteiger partial charge on any atom is 0.326 e. The molecule has 0 bridgehead atoms. The van der Waals surface area contributed by atoms with E-state index in [1.54, 1.807) is 35.8 Å². The van der Waals surface area contributed by atoms with Gasteiger partial charge in [-0.2, -0.15) is 4.99 Å². The van der Waals surface area contributed by atoms with Gasteiger partial charge in [0.15, 0.2) is 4.80 Å². The molecule has 3 rings (SSSR count). The smallest absolute Gasteiger partial charge is 0.326 e. The Hall–Kier alpha value is -2.44. The van der Waals surface area contributed by atoms with Gasteiger partial charge in [-0.05, 0) is 49.2 Å². The minimum atomic E-state index is -0.357. The van der Waals surface area contributed by atoms with E-state index in [1.165, 1.54) is 11.3 Å².